The van der Waals surface area contributed by atoms with Gasteiger partial charge in [0.1, 0.15) is 0 Å². The van der Waals surface area contributed by atoms with E-state index in [-0.39, 0.29) is 17.7 Å². The van der Waals surface area contributed by atoms with E-state index >= 15 is 0 Å². The van der Waals surface area contributed by atoms with E-state index in [4.69, 9.17) is 5.26 Å². The Morgan fingerprint density at radius 3 is 2.55 bits per heavy atom. The predicted molar refractivity (Wildman–Crippen MR) is 118 cm³/mol. The van der Waals surface area contributed by atoms with Gasteiger partial charge in [0.15, 0.2) is 4.34 Å². The second-order valence-electron chi connectivity index (χ2n) is 6.73. The van der Waals surface area contributed by atoms with E-state index in [9.17, 15) is 4.79 Å². The molecule has 0 spiro atoms. The van der Waals surface area contributed by atoms with Crippen LogP contribution in [-0.2, 0) is 10.5 Å². The molecule has 1 amide bonds. The summed E-state index contributed by atoms with van der Waals surface area (Å²) < 4.78 is 0.796. The maximum absolute atomic E-state index is 13.0. The highest BCUT2D eigenvalue weighted by Crippen LogP contribution is 2.31. The second-order valence-corrected chi connectivity index (χ2v) is 8.93. The first kappa shape index (κ1) is 21.0. The molecule has 2 unspecified atom stereocenters. The van der Waals surface area contributed by atoms with Gasteiger partial charge in [-0.05, 0) is 29.2 Å². The van der Waals surface area contributed by atoms with Crippen molar-refractivity contribution in [1.82, 2.24) is 10.2 Å². The Morgan fingerprint density at radius 1 is 1.17 bits per heavy atom. The first-order valence-electron chi connectivity index (χ1n) is 9.41. The van der Waals surface area contributed by atoms with Crippen LogP contribution in [0.2, 0.25) is 0 Å². The Morgan fingerprint density at radius 2 is 1.90 bits per heavy atom. The Bertz CT molecular complexity index is 980. The zero-order chi connectivity index (χ0) is 20.6. The molecular weight excluding hydrogens is 400 g/mol. The predicted octanol–water partition coefficient (Wildman–Crippen LogP) is 5.47. The van der Waals surface area contributed by atoms with Crippen LogP contribution in [0.5, 0.6) is 0 Å². The highest BCUT2D eigenvalue weighted by Gasteiger charge is 2.26. The number of anilines is 1. The number of nitrogens with zero attached hydrogens (tertiary/aromatic N) is 3. The minimum atomic E-state index is -0.222. The molecular formula is C22H22N4OS2. The molecule has 0 aliphatic heterocycles. The number of amides is 1. The SMILES string of the molecule is CCC(C)C(C(=O)Nc1nnc(SCc2ccc(C#N)cc2)s1)c1ccccc1. The molecule has 3 rings (SSSR count). The maximum Gasteiger partial charge on any atom is 0.234 e. The fraction of sp³-hybridized carbons (Fsp3) is 0.273. The van der Waals surface area contributed by atoms with Crippen molar-refractivity contribution in [2.24, 2.45) is 5.92 Å². The van der Waals surface area contributed by atoms with E-state index in [1.165, 1.54) is 11.3 Å². The van der Waals surface area contributed by atoms with Gasteiger partial charge in [-0.1, -0.05) is 85.8 Å². The average molecular weight is 423 g/mol. The summed E-state index contributed by atoms with van der Waals surface area (Å²) in [5.41, 5.74) is 2.77. The number of benzene rings is 2. The first-order valence-corrected chi connectivity index (χ1v) is 11.2. The largest absolute Gasteiger partial charge is 0.300 e. The molecule has 0 saturated carbocycles. The first-order chi connectivity index (χ1) is 14.1. The molecule has 2 atom stereocenters. The number of rotatable bonds is 8. The van der Waals surface area contributed by atoms with Crippen molar-refractivity contribution >= 4 is 34.1 Å². The number of aromatic nitrogens is 2. The molecule has 7 heteroatoms. The number of carbonyl (C=O) groups excluding carboxylic acids is 1. The van der Waals surface area contributed by atoms with E-state index in [1.807, 2.05) is 42.5 Å². The Kier molecular flexibility index (Phi) is 7.39. The van der Waals surface area contributed by atoms with Crippen LogP contribution in [0.4, 0.5) is 5.13 Å². The van der Waals surface area contributed by atoms with Gasteiger partial charge in [-0.25, -0.2) is 0 Å². The lowest BCUT2D eigenvalue weighted by atomic mass is 9.85. The molecule has 1 heterocycles. The van der Waals surface area contributed by atoms with Crippen molar-refractivity contribution in [3.63, 3.8) is 0 Å². The van der Waals surface area contributed by atoms with Gasteiger partial charge >= 0.3 is 0 Å². The van der Waals surface area contributed by atoms with Gasteiger partial charge in [-0.3, -0.25) is 10.1 Å². The maximum atomic E-state index is 13.0. The average Bonchev–Trinajstić information content (AvgIpc) is 3.20. The van der Waals surface area contributed by atoms with Crippen LogP contribution in [-0.4, -0.2) is 16.1 Å². The zero-order valence-electron chi connectivity index (χ0n) is 16.3. The summed E-state index contributed by atoms with van der Waals surface area (Å²) in [5, 5.41) is 20.6. The summed E-state index contributed by atoms with van der Waals surface area (Å²) in [4.78, 5) is 13.0. The summed E-state index contributed by atoms with van der Waals surface area (Å²) in [6.07, 6.45) is 0.912. The van der Waals surface area contributed by atoms with Crippen LogP contribution < -0.4 is 5.32 Å². The molecule has 0 radical (unpaired) electrons. The third-order valence-electron chi connectivity index (χ3n) is 4.74. The molecule has 5 nitrogen and oxygen atoms in total. The summed E-state index contributed by atoms with van der Waals surface area (Å²) >= 11 is 2.94. The van der Waals surface area contributed by atoms with Crippen molar-refractivity contribution in [2.75, 3.05) is 5.32 Å². The molecule has 3 aromatic rings. The Balaban J connectivity index is 1.63. The number of hydrogen-bond acceptors (Lipinski definition) is 6. The van der Waals surface area contributed by atoms with E-state index in [1.54, 1.807) is 23.9 Å². The smallest absolute Gasteiger partial charge is 0.234 e. The molecule has 1 aromatic heterocycles. The summed E-state index contributed by atoms with van der Waals surface area (Å²) in [6.45, 7) is 4.19. The normalized spacial score (nSPS) is 12.7. The van der Waals surface area contributed by atoms with Gasteiger partial charge < -0.3 is 0 Å². The number of hydrogen-bond donors (Lipinski definition) is 1. The van der Waals surface area contributed by atoms with E-state index in [0.29, 0.717) is 10.7 Å². The number of nitriles is 1. The molecule has 0 saturated heterocycles. The van der Waals surface area contributed by atoms with Gasteiger partial charge in [0.05, 0.1) is 17.6 Å². The molecule has 2 aromatic carbocycles. The van der Waals surface area contributed by atoms with Crippen LogP contribution in [0.25, 0.3) is 0 Å². The monoisotopic (exact) mass is 422 g/mol. The van der Waals surface area contributed by atoms with Crippen molar-refractivity contribution in [2.45, 2.75) is 36.3 Å². The third-order valence-corrected chi connectivity index (χ3v) is 6.78. The molecule has 0 aliphatic carbocycles. The van der Waals surface area contributed by atoms with Crippen molar-refractivity contribution in [3.05, 3.63) is 71.3 Å². The van der Waals surface area contributed by atoms with Crippen molar-refractivity contribution < 1.29 is 4.79 Å². The van der Waals surface area contributed by atoms with E-state index < -0.39 is 0 Å². The quantitative estimate of drug-likeness (QED) is 0.385. The van der Waals surface area contributed by atoms with E-state index in [2.05, 4.69) is 35.4 Å². The van der Waals surface area contributed by atoms with Crippen molar-refractivity contribution in [3.8, 4) is 6.07 Å². The molecule has 0 bridgehead atoms. The molecule has 148 valence electrons. The lowest BCUT2D eigenvalue weighted by Crippen LogP contribution is -2.26. The van der Waals surface area contributed by atoms with Crippen LogP contribution >= 0.6 is 23.1 Å². The van der Waals surface area contributed by atoms with Gasteiger partial charge in [0.2, 0.25) is 11.0 Å². The standard InChI is InChI=1S/C22H22N4OS2/c1-3-15(2)19(18-7-5-4-6-8-18)20(27)24-21-25-26-22(29-21)28-14-17-11-9-16(13-23)10-12-17/h4-12,15,19H,3,14H2,1-2H3,(H,24,25,27). The number of thioether (sulfide) groups is 1. The summed E-state index contributed by atoms with van der Waals surface area (Å²) in [5.74, 6) is 0.675. The zero-order valence-corrected chi connectivity index (χ0v) is 18.0. The summed E-state index contributed by atoms with van der Waals surface area (Å²) in [7, 11) is 0. The topological polar surface area (TPSA) is 78.7 Å². The minimum Gasteiger partial charge on any atom is -0.300 e. The fourth-order valence-electron chi connectivity index (χ4n) is 2.96. The number of nitrogens with one attached hydrogen (secondary N) is 1. The highest BCUT2D eigenvalue weighted by atomic mass is 32.2. The number of carbonyl (C=O) groups is 1. The van der Waals surface area contributed by atoms with Crippen LogP contribution in [0.1, 0.15) is 42.9 Å². The second kappa shape index (κ2) is 10.2. The fourth-order valence-corrected chi connectivity index (χ4v) is 4.67. The van der Waals surface area contributed by atoms with Crippen molar-refractivity contribution in [1.29, 1.82) is 5.26 Å². The van der Waals surface area contributed by atoms with E-state index in [0.717, 1.165) is 27.6 Å². The minimum absolute atomic E-state index is 0.0506. The van der Waals surface area contributed by atoms with Gasteiger partial charge in [-0.2, -0.15) is 5.26 Å². The van der Waals surface area contributed by atoms with Crippen LogP contribution in [0.15, 0.2) is 58.9 Å². The molecule has 0 aliphatic rings. The molecule has 0 fully saturated rings. The van der Waals surface area contributed by atoms with Gasteiger partial charge in [0, 0.05) is 5.75 Å². The molecule has 29 heavy (non-hydrogen) atoms. The lowest BCUT2D eigenvalue weighted by molar-refractivity contribution is -0.118. The van der Waals surface area contributed by atoms with Gasteiger partial charge in [-0.15, -0.1) is 10.2 Å². The Labute approximate surface area is 179 Å². The molecule has 1 N–H and O–H groups in total. The highest BCUT2D eigenvalue weighted by molar-refractivity contribution is 8.00. The van der Waals surface area contributed by atoms with Crippen LogP contribution in [0.3, 0.4) is 0 Å². The summed E-state index contributed by atoms with van der Waals surface area (Å²) in [6, 6.07) is 19.5. The Hall–Kier alpha value is -2.69. The van der Waals surface area contributed by atoms with Gasteiger partial charge in [0.25, 0.3) is 0 Å². The van der Waals surface area contributed by atoms with Crippen LogP contribution in [0, 0.1) is 17.2 Å². The lowest BCUT2D eigenvalue weighted by Gasteiger charge is -2.22. The third kappa shape index (κ3) is 5.66.